The van der Waals surface area contributed by atoms with Crippen molar-refractivity contribution >= 4 is 23.2 Å². The van der Waals surface area contributed by atoms with Gasteiger partial charge in [-0.15, -0.1) is 0 Å². The van der Waals surface area contributed by atoms with E-state index in [9.17, 15) is 9.59 Å². The number of methoxy groups -OCH3 is 1. The number of amides is 2. The van der Waals surface area contributed by atoms with E-state index in [1.165, 1.54) is 0 Å². The largest absolute Gasteiger partial charge is 0.383 e. The second-order valence-electron chi connectivity index (χ2n) is 5.45. The molecule has 1 aromatic carbocycles. The van der Waals surface area contributed by atoms with Crippen LogP contribution in [0, 0.1) is 0 Å². The van der Waals surface area contributed by atoms with Crippen molar-refractivity contribution in [1.29, 1.82) is 0 Å². The summed E-state index contributed by atoms with van der Waals surface area (Å²) < 4.78 is 6.48. The normalized spacial score (nSPS) is 11.8. The topological polar surface area (TPSA) is 97.3 Å². The molecule has 0 saturated heterocycles. The Hall–Kier alpha value is -2.71. The van der Waals surface area contributed by atoms with Crippen molar-refractivity contribution in [2.75, 3.05) is 37.4 Å². The minimum Gasteiger partial charge on any atom is -0.383 e. The fraction of sp³-hybridized carbons (Fsp3) is 0.353. The molecule has 2 rings (SSSR count). The summed E-state index contributed by atoms with van der Waals surface area (Å²) in [6.45, 7) is 3.10. The van der Waals surface area contributed by atoms with Crippen LogP contribution in [0.2, 0.25) is 0 Å². The van der Waals surface area contributed by atoms with Crippen molar-refractivity contribution in [3.63, 3.8) is 0 Å². The molecule has 0 aliphatic carbocycles. The van der Waals surface area contributed by atoms with Crippen molar-refractivity contribution in [1.82, 2.24) is 15.1 Å². The fourth-order valence-electron chi connectivity index (χ4n) is 2.13. The molecule has 3 N–H and O–H groups in total. The first-order valence-electron chi connectivity index (χ1n) is 7.99. The summed E-state index contributed by atoms with van der Waals surface area (Å²) in [7, 11) is 1.61. The molecule has 134 valence electrons. The molecule has 0 saturated carbocycles. The molecule has 0 fully saturated rings. The summed E-state index contributed by atoms with van der Waals surface area (Å²) in [4.78, 5) is 24.1. The number of hydrogen-bond acceptors (Lipinski definition) is 5. The lowest BCUT2D eigenvalue weighted by Crippen LogP contribution is -2.30. The standard InChI is InChI=1S/C17H23N5O3/c1-13(22-9-4-7-19-22)17(24)21-15-6-3-5-14(11-15)20-16(23)12-18-8-10-25-2/h3-7,9,11,13,18H,8,10,12H2,1-2H3,(H,20,23)(H,21,24). The lowest BCUT2D eigenvalue weighted by Gasteiger charge is -2.13. The van der Waals surface area contributed by atoms with Gasteiger partial charge in [0, 0.05) is 37.4 Å². The van der Waals surface area contributed by atoms with Gasteiger partial charge in [-0.1, -0.05) is 6.07 Å². The number of hydrogen-bond donors (Lipinski definition) is 3. The van der Waals surface area contributed by atoms with E-state index in [2.05, 4.69) is 21.0 Å². The zero-order chi connectivity index (χ0) is 18.1. The molecule has 0 aliphatic heterocycles. The monoisotopic (exact) mass is 345 g/mol. The Bertz CT molecular complexity index is 687. The smallest absolute Gasteiger partial charge is 0.248 e. The van der Waals surface area contributed by atoms with Crippen molar-refractivity contribution in [3.8, 4) is 0 Å². The third-order valence-electron chi connectivity index (χ3n) is 3.48. The fourth-order valence-corrected chi connectivity index (χ4v) is 2.13. The first-order chi connectivity index (χ1) is 12.1. The van der Waals surface area contributed by atoms with Crippen LogP contribution >= 0.6 is 0 Å². The molecule has 1 aromatic heterocycles. The van der Waals surface area contributed by atoms with Crippen molar-refractivity contribution in [2.24, 2.45) is 0 Å². The van der Waals surface area contributed by atoms with Gasteiger partial charge in [0.05, 0.1) is 13.2 Å². The maximum atomic E-state index is 12.3. The van der Waals surface area contributed by atoms with E-state index in [4.69, 9.17) is 4.74 Å². The van der Waals surface area contributed by atoms with Gasteiger partial charge in [-0.3, -0.25) is 14.3 Å². The van der Waals surface area contributed by atoms with Crippen LogP contribution in [-0.4, -0.2) is 48.4 Å². The highest BCUT2D eigenvalue weighted by Gasteiger charge is 2.15. The first-order valence-corrected chi connectivity index (χ1v) is 7.99. The van der Waals surface area contributed by atoms with Crippen molar-refractivity contribution in [2.45, 2.75) is 13.0 Å². The zero-order valence-corrected chi connectivity index (χ0v) is 14.4. The van der Waals surface area contributed by atoms with Crippen LogP contribution in [0.3, 0.4) is 0 Å². The predicted molar refractivity (Wildman–Crippen MR) is 95.4 cm³/mol. The Balaban J connectivity index is 1.88. The summed E-state index contributed by atoms with van der Waals surface area (Å²) in [6, 6.07) is 8.34. The average Bonchev–Trinajstić information content (AvgIpc) is 3.13. The molecule has 0 radical (unpaired) electrons. The molecule has 0 bridgehead atoms. The number of benzene rings is 1. The summed E-state index contributed by atoms with van der Waals surface area (Å²) in [5.41, 5.74) is 1.22. The molecule has 25 heavy (non-hydrogen) atoms. The zero-order valence-electron chi connectivity index (χ0n) is 14.4. The van der Waals surface area contributed by atoms with Crippen molar-refractivity contribution in [3.05, 3.63) is 42.7 Å². The highest BCUT2D eigenvalue weighted by atomic mass is 16.5. The van der Waals surface area contributed by atoms with Crippen molar-refractivity contribution < 1.29 is 14.3 Å². The third kappa shape index (κ3) is 6.02. The van der Waals surface area contributed by atoms with Crippen LogP contribution in [0.4, 0.5) is 11.4 Å². The first kappa shape index (κ1) is 18.6. The molecule has 2 aromatic rings. The third-order valence-corrected chi connectivity index (χ3v) is 3.48. The Morgan fingerprint density at radius 2 is 2.00 bits per heavy atom. The molecule has 0 spiro atoms. The lowest BCUT2D eigenvalue weighted by molar-refractivity contribution is -0.119. The quantitative estimate of drug-likeness (QED) is 0.595. The van der Waals surface area contributed by atoms with Crippen LogP contribution in [0.25, 0.3) is 0 Å². The van der Waals surface area contributed by atoms with Gasteiger partial charge in [0.1, 0.15) is 6.04 Å². The summed E-state index contributed by atoms with van der Waals surface area (Å²) in [5.74, 6) is -0.349. The molecule has 8 heteroatoms. The molecule has 8 nitrogen and oxygen atoms in total. The summed E-state index contributed by atoms with van der Waals surface area (Å²) in [5, 5.41) is 12.6. The number of ether oxygens (including phenoxy) is 1. The molecule has 1 unspecified atom stereocenters. The Kier molecular flexibility index (Phi) is 7.12. The van der Waals surface area contributed by atoms with E-state index in [-0.39, 0.29) is 18.4 Å². The van der Waals surface area contributed by atoms with Gasteiger partial charge < -0.3 is 20.7 Å². The maximum Gasteiger partial charge on any atom is 0.248 e. The number of carbonyl (C=O) groups excluding carboxylic acids is 2. The molecule has 1 heterocycles. The number of nitrogens with zero attached hydrogens (tertiary/aromatic N) is 2. The van der Waals surface area contributed by atoms with E-state index in [1.807, 2.05) is 0 Å². The molecular weight excluding hydrogens is 322 g/mol. The number of anilines is 2. The highest BCUT2D eigenvalue weighted by Crippen LogP contribution is 2.16. The van der Waals surface area contributed by atoms with Crippen LogP contribution < -0.4 is 16.0 Å². The van der Waals surface area contributed by atoms with Crippen LogP contribution in [0.15, 0.2) is 42.7 Å². The van der Waals surface area contributed by atoms with E-state index in [0.717, 1.165) is 0 Å². The maximum absolute atomic E-state index is 12.3. The van der Waals surface area contributed by atoms with E-state index < -0.39 is 6.04 Å². The number of carbonyl (C=O) groups is 2. The van der Waals surface area contributed by atoms with Crippen LogP contribution in [-0.2, 0) is 14.3 Å². The molecule has 1 atom stereocenters. The highest BCUT2D eigenvalue weighted by molar-refractivity contribution is 5.96. The molecule has 0 aliphatic rings. The van der Waals surface area contributed by atoms with Crippen LogP contribution in [0.5, 0.6) is 0 Å². The summed E-state index contributed by atoms with van der Waals surface area (Å²) >= 11 is 0. The SMILES string of the molecule is COCCNCC(=O)Nc1cccc(NC(=O)C(C)n2cccn2)c1. The predicted octanol–water partition coefficient (Wildman–Crippen LogP) is 1.26. The van der Waals surface area contributed by atoms with Gasteiger partial charge in [-0.05, 0) is 31.2 Å². The Morgan fingerprint density at radius 1 is 1.24 bits per heavy atom. The minimum atomic E-state index is -0.432. The van der Waals surface area contributed by atoms with Gasteiger partial charge in [0.15, 0.2) is 0 Å². The Morgan fingerprint density at radius 3 is 2.68 bits per heavy atom. The number of aromatic nitrogens is 2. The number of nitrogens with one attached hydrogen (secondary N) is 3. The molecular formula is C17H23N5O3. The van der Waals surface area contributed by atoms with Gasteiger partial charge in [0.25, 0.3) is 0 Å². The van der Waals surface area contributed by atoms with E-state index >= 15 is 0 Å². The Labute approximate surface area is 146 Å². The van der Waals surface area contributed by atoms with Gasteiger partial charge >= 0.3 is 0 Å². The number of rotatable bonds is 9. The lowest BCUT2D eigenvalue weighted by atomic mass is 10.2. The second-order valence-corrected chi connectivity index (χ2v) is 5.45. The van der Waals surface area contributed by atoms with E-state index in [1.54, 1.807) is 61.4 Å². The molecule has 2 amide bonds. The van der Waals surface area contributed by atoms with E-state index in [0.29, 0.717) is 24.5 Å². The average molecular weight is 345 g/mol. The second kappa shape index (κ2) is 9.55. The van der Waals surface area contributed by atoms with Gasteiger partial charge in [-0.2, -0.15) is 5.10 Å². The minimum absolute atomic E-state index is 0.163. The van der Waals surface area contributed by atoms with Gasteiger partial charge in [-0.25, -0.2) is 0 Å². The van der Waals surface area contributed by atoms with Crippen LogP contribution in [0.1, 0.15) is 13.0 Å². The van der Waals surface area contributed by atoms with Gasteiger partial charge in [0.2, 0.25) is 11.8 Å². The summed E-state index contributed by atoms with van der Waals surface area (Å²) in [6.07, 6.45) is 3.36.